The van der Waals surface area contributed by atoms with E-state index in [1.807, 2.05) is 53.1 Å². The zero-order valence-electron chi connectivity index (χ0n) is 25.7. The van der Waals surface area contributed by atoms with Crippen molar-refractivity contribution in [1.29, 1.82) is 5.26 Å². The fourth-order valence-electron chi connectivity index (χ4n) is 5.79. The molecule has 47 heavy (non-hydrogen) atoms. The van der Waals surface area contributed by atoms with Gasteiger partial charge in [0.15, 0.2) is 11.5 Å². The monoisotopic (exact) mass is 621 g/mol. The average molecular weight is 622 g/mol. The van der Waals surface area contributed by atoms with Gasteiger partial charge in [0.1, 0.15) is 23.1 Å². The Balaban J connectivity index is 1.18. The van der Waals surface area contributed by atoms with Crippen LogP contribution < -0.4 is 16.0 Å². The smallest absolute Gasteiger partial charge is 0.226 e. The number of amides is 1. The molecule has 7 rings (SSSR count). The highest BCUT2D eigenvalue weighted by molar-refractivity contribution is 5.90. The number of aromatic nitrogens is 6. The number of nitrogens with zero attached hydrogens (tertiary/aromatic N) is 9. The van der Waals surface area contributed by atoms with Gasteiger partial charge in [-0.2, -0.15) is 5.26 Å². The Bertz CT molecular complexity index is 2130. The first-order chi connectivity index (χ1) is 22.9. The number of piperazine rings is 1. The molecule has 0 spiro atoms. The van der Waals surface area contributed by atoms with Crippen LogP contribution in [0.5, 0.6) is 0 Å². The van der Waals surface area contributed by atoms with Crippen LogP contribution >= 0.6 is 0 Å². The highest BCUT2D eigenvalue weighted by Crippen LogP contribution is 2.32. The fraction of sp³-hybridized carbons (Fsp3) is 0.171. The number of benzene rings is 2. The number of rotatable bonds is 7. The van der Waals surface area contributed by atoms with E-state index in [1.54, 1.807) is 18.5 Å². The summed E-state index contributed by atoms with van der Waals surface area (Å²) in [5, 5.41) is 12.0. The van der Waals surface area contributed by atoms with Gasteiger partial charge in [0.05, 0.1) is 11.3 Å². The molecule has 3 N–H and O–H groups in total. The Kier molecular flexibility index (Phi) is 7.95. The number of nitrogen functional groups attached to an aromatic ring is 1. The molecule has 1 saturated heterocycles. The van der Waals surface area contributed by atoms with Crippen LogP contribution in [0.3, 0.4) is 0 Å². The van der Waals surface area contributed by atoms with Gasteiger partial charge >= 0.3 is 0 Å². The number of pyridine rings is 2. The summed E-state index contributed by atoms with van der Waals surface area (Å²) in [6.07, 6.45) is 3.30. The summed E-state index contributed by atoms with van der Waals surface area (Å²) in [7, 11) is 0. The maximum atomic E-state index is 11.7. The van der Waals surface area contributed by atoms with Crippen molar-refractivity contribution in [3.05, 3.63) is 103 Å². The van der Waals surface area contributed by atoms with Crippen LogP contribution in [0, 0.1) is 11.3 Å². The number of imidazole rings is 1. The highest BCUT2D eigenvalue weighted by Gasteiger charge is 2.21. The molecule has 5 heterocycles. The molecule has 4 aromatic heterocycles. The van der Waals surface area contributed by atoms with Crippen molar-refractivity contribution in [2.45, 2.75) is 13.5 Å². The van der Waals surface area contributed by atoms with Crippen LogP contribution in [0.1, 0.15) is 18.2 Å². The number of hydrogen-bond acceptors (Lipinski definition) is 10. The molecule has 0 aliphatic carbocycles. The SMILES string of the molecule is CC(=O)Nc1cccc(-c2ccc3nc(-c4cccnc4N)n(-c4ccc(CN5CCN(c6nccc(C#N)n6)CC5)cc4)c3n2)c1. The van der Waals surface area contributed by atoms with Crippen molar-refractivity contribution < 1.29 is 4.79 Å². The number of carbonyl (C=O) groups excluding carboxylic acids is 1. The molecule has 1 fully saturated rings. The molecule has 0 bridgehead atoms. The van der Waals surface area contributed by atoms with Crippen LogP contribution in [0.25, 0.3) is 39.5 Å². The van der Waals surface area contributed by atoms with Gasteiger partial charge in [-0.25, -0.2) is 24.9 Å². The van der Waals surface area contributed by atoms with E-state index >= 15 is 0 Å². The van der Waals surface area contributed by atoms with Gasteiger partial charge in [0.25, 0.3) is 0 Å². The van der Waals surface area contributed by atoms with Gasteiger partial charge < -0.3 is 16.0 Å². The molecule has 6 aromatic rings. The number of nitriles is 1. The normalized spacial score (nSPS) is 13.4. The fourth-order valence-corrected chi connectivity index (χ4v) is 5.79. The highest BCUT2D eigenvalue weighted by atomic mass is 16.1. The third-order valence-corrected chi connectivity index (χ3v) is 8.08. The van der Waals surface area contributed by atoms with Gasteiger partial charge in [0, 0.05) is 69.0 Å². The zero-order valence-corrected chi connectivity index (χ0v) is 25.7. The molecule has 12 nitrogen and oxygen atoms in total. The molecule has 0 radical (unpaired) electrons. The number of hydrogen-bond donors (Lipinski definition) is 2. The summed E-state index contributed by atoms with van der Waals surface area (Å²) in [5.74, 6) is 1.49. The van der Waals surface area contributed by atoms with E-state index in [-0.39, 0.29) is 5.91 Å². The molecule has 1 aliphatic rings. The van der Waals surface area contributed by atoms with Crippen LogP contribution in [0.2, 0.25) is 0 Å². The summed E-state index contributed by atoms with van der Waals surface area (Å²) < 4.78 is 2.02. The van der Waals surface area contributed by atoms with Crippen molar-refractivity contribution in [2.75, 3.05) is 42.1 Å². The Labute approximate surface area is 271 Å². The predicted molar refractivity (Wildman–Crippen MR) is 180 cm³/mol. The summed E-state index contributed by atoms with van der Waals surface area (Å²) in [6, 6.07) is 27.4. The molecular weight excluding hydrogens is 590 g/mol. The Morgan fingerprint density at radius 2 is 1.74 bits per heavy atom. The van der Waals surface area contributed by atoms with E-state index in [2.05, 4.69) is 60.4 Å². The third kappa shape index (κ3) is 6.20. The lowest BCUT2D eigenvalue weighted by atomic mass is 10.1. The number of carbonyl (C=O) groups is 1. The summed E-state index contributed by atoms with van der Waals surface area (Å²) in [5.41, 5.74) is 13.2. The quantitative estimate of drug-likeness (QED) is 0.257. The van der Waals surface area contributed by atoms with Crippen molar-refractivity contribution in [3.63, 3.8) is 0 Å². The summed E-state index contributed by atoms with van der Waals surface area (Å²) in [6.45, 7) is 5.56. The van der Waals surface area contributed by atoms with Crippen LogP contribution in [-0.4, -0.2) is 66.5 Å². The van der Waals surface area contributed by atoms with Crippen molar-refractivity contribution in [1.82, 2.24) is 34.4 Å². The molecule has 0 unspecified atom stereocenters. The third-order valence-electron chi connectivity index (χ3n) is 8.08. The zero-order chi connectivity index (χ0) is 32.3. The lowest BCUT2D eigenvalue weighted by Crippen LogP contribution is -2.46. The van der Waals surface area contributed by atoms with E-state index in [4.69, 9.17) is 15.7 Å². The topological polar surface area (TPSA) is 155 Å². The summed E-state index contributed by atoms with van der Waals surface area (Å²) >= 11 is 0. The van der Waals surface area contributed by atoms with Crippen LogP contribution in [0.4, 0.5) is 17.5 Å². The van der Waals surface area contributed by atoms with Gasteiger partial charge in [-0.05, 0) is 60.2 Å². The lowest BCUT2D eigenvalue weighted by molar-refractivity contribution is -0.114. The molecule has 0 atom stereocenters. The molecule has 232 valence electrons. The van der Waals surface area contributed by atoms with Crippen molar-refractivity contribution >= 4 is 34.5 Å². The van der Waals surface area contributed by atoms with E-state index < -0.39 is 0 Å². The Morgan fingerprint density at radius 3 is 2.51 bits per heavy atom. The Hall–Kier alpha value is -6.19. The number of fused-ring (bicyclic) bond motifs is 1. The first-order valence-electron chi connectivity index (χ1n) is 15.2. The van der Waals surface area contributed by atoms with E-state index in [9.17, 15) is 10.1 Å². The van der Waals surface area contributed by atoms with E-state index in [0.717, 1.165) is 55.2 Å². The lowest BCUT2D eigenvalue weighted by Gasteiger charge is -2.34. The number of nitrogens with two attached hydrogens (primary N) is 1. The molecular formula is C35H31N11O. The first-order valence-corrected chi connectivity index (χ1v) is 15.2. The van der Waals surface area contributed by atoms with Gasteiger partial charge in [-0.15, -0.1) is 0 Å². The second-order valence-corrected chi connectivity index (χ2v) is 11.3. The minimum Gasteiger partial charge on any atom is -0.383 e. The van der Waals surface area contributed by atoms with Crippen LogP contribution in [0.15, 0.2) is 91.3 Å². The Morgan fingerprint density at radius 1 is 0.915 bits per heavy atom. The van der Waals surface area contributed by atoms with Gasteiger partial charge in [-0.1, -0.05) is 24.3 Å². The number of anilines is 3. The average Bonchev–Trinajstić information content (AvgIpc) is 3.47. The van der Waals surface area contributed by atoms with Crippen molar-refractivity contribution in [3.8, 4) is 34.4 Å². The van der Waals surface area contributed by atoms with Crippen molar-refractivity contribution in [2.24, 2.45) is 0 Å². The van der Waals surface area contributed by atoms with Gasteiger partial charge in [-0.3, -0.25) is 14.3 Å². The van der Waals surface area contributed by atoms with Crippen LogP contribution in [-0.2, 0) is 11.3 Å². The molecule has 1 aliphatic heterocycles. The van der Waals surface area contributed by atoms with E-state index in [1.165, 1.54) is 12.5 Å². The summed E-state index contributed by atoms with van der Waals surface area (Å²) in [4.78, 5) is 39.2. The molecule has 0 saturated carbocycles. The standard InChI is InChI=1S/C35H31N11O/c1-23(47)40-26-5-2-4-25(20-26)30-11-12-31-34(42-30)46(33(43-31)29-6-3-14-38-32(29)37)28-9-7-24(8-10-28)22-44-16-18-45(19-17-44)35-39-15-13-27(21-36)41-35/h2-15,20H,16-19,22H2,1H3,(H2,37,38)(H,40,47). The maximum absolute atomic E-state index is 11.7. The maximum Gasteiger partial charge on any atom is 0.226 e. The molecule has 2 aromatic carbocycles. The second kappa shape index (κ2) is 12.7. The van der Waals surface area contributed by atoms with E-state index in [0.29, 0.717) is 40.2 Å². The minimum absolute atomic E-state index is 0.134. The first kappa shape index (κ1) is 29.5. The second-order valence-electron chi connectivity index (χ2n) is 11.3. The largest absolute Gasteiger partial charge is 0.383 e. The number of nitrogens with one attached hydrogen (secondary N) is 1. The van der Waals surface area contributed by atoms with Gasteiger partial charge in [0.2, 0.25) is 11.9 Å². The predicted octanol–water partition coefficient (Wildman–Crippen LogP) is 4.67. The molecule has 1 amide bonds. The molecule has 12 heteroatoms. The minimum atomic E-state index is -0.134.